The van der Waals surface area contributed by atoms with Gasteiger partial charge >= 0.3 is 0 Å². The quantitative estimate of drug-likeness (QED) is 0.735. The highest BCUT2D eigenvalue weighted by atomic mass is 32.1. The summed E-state index contributed by atoms with van der Waals surface area (Å²) in [5.41, 5.74) is -0.0109. The number of nitrogens with one attached hydrogen (secondary N) is 1. The summed E-state index contributed by atoms with van der Waals surface area (Å²) in [6.07, 6.45) is 0.741. The summed E-state index contributed by atoms with van der Waals surface area (Å²) < 4.78 is 0. The van der Waals surface area contributed by atoms with Crippen molar-refractivity contribution in [3.05, 3.63) is 28.8 Å². The van der Waals surface area contributed by atoms with Crippen LogP contribution in [-0.2, 0) is 6.42 Å². The van der Waals surface area contributed by atoms with Crippen LogP contribution in [0, 0.1) is 0 Å². The molecule has 18 heavy (non-hydrogen) atoms. The number of rotatable bonds is 3. The molecule has 2 aromatic rings. The molecule has 0 saturated carbocycles. The number of anilines is 1. The fourth-order valence-corrected chi connectivity index (χ4v) is 2.00. The van der Waals surface area contributed by atoms with Crippen LogP contribution >= 0.6 is 11.3 Å². The second-order valence-electron chi connectivity index (χ2n) is 3.48. The van der Waals surface area contributed by atoms with E-state index in [1.165, 1.54) is 29.5 Å². The molecule has 0 fully saturated rings. The van der Waals surface area contributed by atoms with Gasteiger partial charge in [-0.15, -0.1) is 10.2 Å². The molecule has 1 aromatic carbocycles. The van der Waals surface area contributed by atoms with Gasteiger partial charge in [-0.25, -0.2) is 0 Å². The molecule has 0 aliphatic heterocycles. The highest BCUT2D eigenvalue weighted by Gasteiger charge is 2.15. The predicted molar refractivity (Wildman–Crippen MR) is 67.0 cm³/mol. The number of aromatic nitrogens is 2. The fraction of sp³-hybridized carbons (Fsp3) is 0.182. The van der Waals surface area contributed by atoms with E-state index >= 15 is 0 Å². The van der Waals surface area contributed by atoms with Crippen molar-refractivity contribution in [2.75, 3.05) is 5.32 Å². The van der Waals surface area contributed by atoms with Gasteiger partial charge in [0.1, 0.15) is 5.01 Å². The first-order valence-electron chi connectivity index (χ1n) is 5.26. The molecule has 1 aromatic heterocycles. The van der Waals surface area contributed by atoms with Crippen LogP contribution < -0.4 is 5.32 Å². The number of phenols is 2. The Kier molecular flexibility index (Phi) is 3.42. The first-order valence-corrected chi connectivity index (χ1v) is 6.08. The maximum absolute atomic E-state index is 11.8. The lowest BCUT2D eigenvalue weighted by atomic mass is 10.2. The van der Waals surface area contributed by atoms with E-state index in [9.17, 15) is 15.0 Å². The Morgan fingerprint density at radius 3 is 2.83 bits per heavy atom. The number of hydrogen-bond acceptors (Lipinski definition) is 6. The van der Waals surface area contributed by atoms with Gasteiger partial charge in [0, 0.05) is 0 Å². The molecule has 0 unspecified atom stereocenters. The molecule has 1 heterocycles. The van der Waals surface area contributed by atoms with E-state index in [1.807, 2.05) is 6.92 Å². The van der Waals surface area contributed by atoms with Crippen molar-refractivity contribution in [1.82, 2.24) is 10.2 Å². The Hall–Kier alpha value is -2.15. The van der Waals surface area contributed by atoms with E-state index in [2.05, 4.69) is 15.5 Å². The molecule has 2 rings (SSSR count). The standard InChI is InChI=1S/C11H11N3O3S/c1-2-8-13-14-11(18-8)12-10(17)6-4-3-5-7(15)9(6)16/h3-5,15-16H,2H2,1H3,(H,12,14,17). The Morgan fingerprint density at radius 2 is 2.17 bits per heavy atom. The van der Waals surface area contributed by atoms with Crippen LogP contribution in [0.25, 0.3) is 0 Å². The van der Waals surface area contributed by atoms with Crippen LogP contribution in [-0.4, -0.2) is 26.3 Å². The zero-order valence-corrected chi connectivity index (χ0v) is 10.4. The Labute approximate surface area is 107 Å². The number of aromatic hydroxyl groups is 2. The Morgan fingerprint density at radius 1 is 1.39 bits per heavy atom. The molecule has 0 bridgehead atoms. The number of amides is 1. The topological polar surface area (TPSA) is 95.3 Å². The highest BCUT2D eigenvalue weighted by molar-refractivity contribution is 7.15. The molecule has 0 atom stereocenters. The van der Waals surface area contributed by atoms with E-state index in [1.54, 1.807) is 0 Å². The lowest BCUT2D eigenvalue weighted by Gasteiger charge is -2.04. The number of nitrogens with zero attached hydrogens (tertiary/aromatic N) is 2. The molecular weight excluding hydrogens is 254 g/mol. The summed E-state index contributed by atoms with van der Waals surface area (Å²) in [5.74, 6) is -1.33. The van der Waals surface area contributed by atoms with Gasteiger partial charge in [-0.2, -0.15) is 0 Å². The van der Waals surface area contributed by atoms with Gasteiger partial charge in [-0.3, -0.25) is 10.1 Å². The summed E-state index contributed by atoms with van der Waals surface area (Å²) in [6.45, 7) is 1.94. The Bertz CT molecular complexity index is 583. The summed E-state index contributed by atoms with van der Waals surface area (Å²) in [5, 5.41) is 30.2. The predicted octanol–water partition coefficient (Wildman–Crippen LogP) is 1.76. The number of benzene rings is 1. The zero-order valence-electron chi connectivity index (χ0n) is 9.54. The van der Waals surface area contributed by atoms with Crippen molar-refractivity contribution in [2.45, 2.75) is 13.3 Å². The van der Waals surface area contributed by atoms with Crippen LogP contribution in [0.2, 0.25) is 0 Å². The summed E-state index contributed by atoms with van der Waals surface area (Å²) in [7, 11) is 0. The summed E-state index contributed by atoms with van der Waals surface area (Å²) in [4.78, 5) is 11.8. The second-order valence-corrected chi connectivity index (χ2v) is 4.54. The number of phenolic OH excluding ortho intramolecular Hbond substituents is 2. The van der Waals surface area contributed by atoms with E-state index in [-0.39, 0.29) is 11.3 Å². The van der Waals surface area contributed by atoms with Gasteiger partial charge in [-0.1, -0.05) is 24.3 Å². The minimum absolute atomic E-state index is 0.0109. The molecule has 0 saturated heterocycles. The molecular formula is C11H11N3O3S. The molecule has 0 radical (unpaired) electrons. The van der Waals surface area contributed by atoms with Gasteiger partial charge in [0.05, 0.1) is 5.56 Å². The molecule has 6 nitrogen and oxygen atoms in total. The van der Waals surface area contributed by atoms with Crippen LogP contribution in [0.4, 0.5) is 5.13 Å². The van der Waals surface area contributed by atoms with Crippen molar-refractivity contribution in [2.24, 2.45) is 0 Å². The van der Waals surface area contributed by atoms with Crippen LogP contribution in [0.5, 0.6) is 11.5 Å². The number of hydrogen-bond donors (Lipinski definition) is 3. The van der Waals surface area contributed by atoms with Gasteiger partial charge < -0.3 is 10.2 Å². The van der Waals surface area contributed by atoms with Crippen LogP contribution in [0.15, 0.2) is 18.2 Å². The monoisotopic (exact) mass is 265 g/mol. The number of carbonyl (C=O) groups excluding carboxylic acids is 1. The third kappa shape index (κ3) is 2.40. The van der Waals surface area contributed by atoms with E-state index in [0.717, 1.165) is 11.4 Å². The number of carbonyl (C=O) groups is 1. The number of aryl methyl sites for hydroxylation is 1. The largest absolute Gasteiger partial charge is 0.504 e. The molecule has 7 heteroatoms. The third-order valence-corrected chi connectivity index (χ3v) is 3.23. The van der Waals surface area contributed by atoms with Crippen molar-refractivity contribution in [3.8, 4) is 11.5 Å². The average molecular weight is 265 g/mol. The van der Waals surface area contributed by atoms with Crippen molar-refractivity contribution in [3.63, 3.8) is 0 Å². The minimum atomic E-state index is -0.540. The van der Waals surface area contributed by atoms with Gasteiger partial charge in [0.25, 0.3) is 5.91 Å². The van der Waals surface area contributed by atoms with E-state index in [0.29, 0.717) is 5.13 Å². The third-order valence-electron chi connectivity index (χ3n) is 2.25. The van der Waals surface area contributed by atoms with Crippen molar-refractivity contribution >= 4 is 22.4 Å². The van der Waals surface area contributed by atoms with E-state index in [4.69, 9.17) is 0 Å². The number of para-hydroxylation sites is 1. The van der Waals surface area contributed by atoms with Gasteiger partial charge in [0.15, 0.2) is 11.5 Å². The minimum Gasteiger partial charge on any atom is -0.504 e. The summed E-state index contributed by atoms with van der Waals surface area (Å²) >= 11 is 1.27. The lowest BCUT2D eigenvalue weighted by Crippen LogP contribution is -2.11. The van der Waals surface area contributed by atoms with Gasteiger partial charge in [0.2, 0.25) is 5.13 Å². The maximum atomic E-state index is 11.8. The highest BCUT2D eigenvalue weighted by Crippen LogP contribution is 2.29. The first-order chi connectivity index (χ1) is 8.61. The van der Waals surface area contributed by atoms with Crippen LogP contribution in [0.1, 0.15) is 22.3 Å². The SMILES string of the molecule is CCc1nnc(NC(=O)c2cccc(O)c2O)s1. The zero-order chi connectivity index (χ0) is 13.1. The molecule has 1 amide bonds. The molecule has 0 aliphatic rings. The first kappa shape index (κ1) is 12.3. The average Bonchev–Trinajstić information content (AvgIpc) is 2.80. The second kappa shape index (κ2) is 5.01. The van der Waals surface area contributed by atoms with Gasteiger partial charge in [-0.05, 0) is 18.6 Å². The summed E-state index contributed by atoms with van der Waals surface area (Å²) in [6, 6.07) is 4.18. The van der Waals surface area contributed by atoms with Crippen LogP contribution in [0.3, 0.4) is 0 Å². The molecule has 3 N–H and O–H groups in total. The molecule has 0 aliphatic carbocycles. The maximum Gasteiger partial charge on any atom is 0.261 e. The normalized spacial score (nSPS) is 10.3. The fourth-order valence-electron chi connectivity index (χ4n) is 1.33. The molecule has 0 spiro atoms. The lowest BCUT2D eigenvalue weighted by molar-refractivity contribution is 0.102. The smallest absolute Gasteiger partial charge is 0.261 e. The van der Waals surface area contributed by atoms with E-state index < -0.39 is 11.7 Å². The molecule has 94 valence electrons. The van der Waals surface area contributed by atoms with Crippen molar-refractivity contribution in [1.29, 1.82) is 0 Å². The Balaban J connectivity index is 2.19. The van der Waals surface area contributed by atoms with Crippen molar-refractivity contribution < 1.29 is 15.0 Å².